The molecule has 1 aliphatic carbocycles. The fraction of sp³-hybridized carbons (Fsp3) is 0.435. The van der Waals surface area contributed by atoms with E-state index in [0.29, 0.717) is 28.9 Å². The fourth-order valence-corrected chi connectivity index (χ4v) is 5.20. The standard InChI is InChI=1S/C23H25Cl2FN2O4S/c1-33(30,31)27-23(29)20-10-19(15-4-5-15)22(11-21(20)26)32-18-3-2-6-28(13-18)12-14-7-16(24)9-17(25)8-14/h7-11,15,18H,2-6,12-13H2,1H3,(H,27,29). The number of carbonyl (C=O) groups is 1. The second-order valence-corrected chi connectivity index (χ2v) is 11.4. The molecule has 1 saturated heterocycles. The number of hydrogen-bond acceptors (Lipinski definition) is 5. The zero-order valence-corrected chi connectivity index (χ0v) is 20.4. The number of benzene rings is 2. The summed E-state index contributed by atoms with van der Waals surface area (Å²) in [5.41, 5.74) is 1.46. The topological polar surface area (TPSA) is 75.7 Å². The average molecular weight is 515 g/mol. The van der Waals surface area contributed by atoms with Gasteiger partial charge in [0.25, 0.3) is 5.91 Å². The highest BCUT2D eigenvalue weighted by Crippen LogP contribution is 2.45. The number of ether oxygens (including phenoxy) is 1. The van der Waals surface area contributed by atoms with Crippen molar-refractivity contribution in [3.8, 4) is 5.75 Å². The van der Waals surface area contributed by atoms with Crippen molar-refractivity contribution in [3.05, 3.63) is 62.9 Å². The van der Waals surface area contributed by atoms with Crippen LogP contribution in [0, 0.1) is 5.82 Å². The van der Waals surface area contributed by atoms with E-state index in [-0.39, 0.29) is 17.6 Å². The molecule has 2 aromatic carbocycles. The molecule has 1 atom stereocenters. The number of carbonyl (C=O) groups excluding carboxylic acids is 1. The van der Waals surface area contributed by atoms with Gasteiger partial charge in [-0.1, -0.05) is 23.2 Å². The molecule has 1 N–H and O–H groups in total. The van der Waals surface area contributed by atoms with Crippen LogP contribution < -0.4 is 9.46 Å². The lowest BCUT2D eigenvalue weighted by Gasteiger charge is -2.33. The first-order valence-corrected chi connectivity index (χ1v) is 13.4. The fourth-order valence-electron chi connectivity index (χ4n) is 4.18. The molecule has 1 aliphatic heterocycles. The summed E-state index contributed by atoms with van der Waals surface area (Å²) >= 11 is 12.2. The van der Waals surface area contributed by atoms with Crippen molar-refractivity contribution in [1.29, 1.82) is 0 Å². The van der Waals surface area contributed by atoms with E-state index in [1.165, 1.54) is 12.1 Å². The van der Waals surface area contributed by atoms with Gasteiger partial charge in [-0.2, -0.15) is 0 Å². The zero-order valence-electron chi connectivity index (χ0n) is 18.1. The van der Waals surface area contributed by atoms with E-state index >= 15 is 0 Å². The number of nitrogens with zero attached hydrogens (tertiary/aromatic N) is 1. The van der Waals surface area contributed by atoms with Crippen molar-refractivity contribution < 1.29 is 22.3 Å². The largest absolute Gasteiger partial charge is 0.489 e. The Morgan fingerprint density at radius 2 is 1.85 bits per heavy atom. The summed E-state index contributed by atoms with van der Waals surface area (Å²) in [4.78, 5) is 14.5. The second-order valence-electron chi connectivity index (χ2n) is 8.74. The lowest BCUT2D eigenvalue weighted by molar-refractivity contribution is 0.0832. The number of rotatable bonds is 7. The molecule has 1 saturated carbocycles. The molecule has 10 heteroatoms. The molecule has 178 valence electrons. The van der Waals surface area contributed by atoms with Crippen molar-refractivity contribution in [2.24, 2.45) is 0 Å². The molecule has 0 radical (unpaired) electrons. The highest BCUT2D eigenvalue weighted by atomic mass is 35.5. The van der Waals surface area contributed by atoms with Crippen LogP contribution in [0.15, 0.2) is 30.3 Å². The molecule has 0 spiro atoms. The van der Waals surface area contributed by atoms with Crippen molar-refractivity contribution in [1.82, 2.24) is 9.62 Å². The number of piperidine rings is 1. The minimum atomic E-state index is -3.80. The average Bonchev–Trinajstić information content (AvgIpc) is 3.51. The van der Waals surface area contributed by atoms with Gasteiger partial charge in [-0.05, 0) is 73.5 Å². The van der Waals surface area contributed by atoms with Crippen LogP contribution in [0.25, 0.3) is 0 Å². The third-order valence-corrected chi connectivity index (χ3v) is 6.72. The van der Waals surface area contributed by atoms with Crippen LogP contribution in [0.5, 0.6) is 5.75 Å². The molecule has 6 nitrogen and oxygen atoms in total. The Hall–Kier alpha value is -1.87. The van der Waals surface area contributed by atoms with Crippen LogP contribution in [0.1, 0.15) is 53.1 Å². The monoisotopic (exact) mass is 514 g/mol. The van der Waals surface area contributed by atoms with E-state index in [2.05, 4.69) is 4.90 Å². The maximum Gasteiger partial charge on any atom is 0.267 e. The molecular formula is C23H25Cl2FN2O4S. The summed E-state index contributed by atoms with van der Waals surface area (Å²) in [5, 5.41) is 1.18. The molecular weight excluding hydrogens is 490 g/mol. The first-order valence-electron chi connectivity index (χ1n) is 10.8. The van der Waals surface area contributed by atoms with Crippen molar-refractivity contribution >= 4 is 39.1 Å². The van der Waals surface area contributed by atoms with E-state index in [0.717, 1.165) is 49.6 Å². The maximum absolute atomic E-state index is 14.8. The molecule has 4 rings (SSSR count). The first-order chi connectivity index (χ1) is 15.6. The lowest BCUT2D eigenvalue weighted by atomic mass is 10.0. The van der Waals surface area contributed by atoms with Gasteiger partial charge in [-0.3, -0.25) is 9.69 Å². The Labute approximate surface area is 203 Å². The molecule has 33 heavy (non-hydrogen) atoms. The smallest absolute Gasteiger partial charge is 0.267 e. The molecule has 2 fully saturated rings. The van der Waals surface area contributed by atoms with E-state index in [1.54, 1.807) is 6.07 Å². The van der Waals surface area contributed by atoms with Gasteiger partial charge in [0.15, 0.2) is 0 Å². The van der Waals surface area contributed by atoms with Crippen LogP contribution in [0.4, 0.5) is 4.39 Å². The van der Waals surface area contributed by atoms with E-state index in [4.69, 9.17) is 27.9 Å². The molecule has 1 heterocycles. The quantitative estimate of drug-likeness (QED) is 0.577. The minimum absolute atomic E-state index is 0.138. The van der Waals surface area contributed by atoms with Crippen molar-refractivity contribution in [2.75, 3.05) is 19.3 Å². The summed E-state index contributed by atoms with van der Waals surface area (Å²) in [7, 11) is -3.80. The number of hydrogen-bond donors (Lipinski definition) is 1. The van der Waals surface area contributed by atoms with Crippen LogP contribution in [-0.4, -0.2) is 44.7 Å². The van der Waals surface area contributed by atoms with Gasteiger partial charge in [0.05, 0.1) is 11.8 Å². The van der Waals surface area contributed by atoms with E-state index in [1.807, 2.05) is 16.9 Å². The predicted octanol–water partition coefficient (Wildman–Crippen LogP) is 4.74. The third-order valence-electron chi connectivity index (χ3n) is 5.72. The summed E-state index contributed by atoms with van der Waals surface area (Å²) in [6.45, 7) is 2.24. The molecule has 1 amide bonds. The van der Waals surface area contributed by atoms with Gasteiger partial charge < -0.3 is 4.74 Å². The van der Waals surface area contributed by atoms with Crippen molar-refractivity contribution in [2.45, 2.75) is 44.2 Å². The third kappa shape index (κ3) is 6.59. The van der Waals surface area contributed by atoms with Crippen LogP contribution in [-0.2, 0) is 16.6 Å². The van der Waals surface area contributed by atoms with Crippen molar-refractivity contribution in [3.63, 3.8) is 0 Å². The molecule has 0 bridgehead atoms. The summed E-state index contributed by atoms with van der Waals surface area (Å²) < 4.78 is 45.6. The van der Waals surface area contributed by atoms with Crippen LogP contribution in [0.3, 0.4) is 0 Å². The maximum atomic E-state index is 14.8. The Morgan fingerprint density at radius 3 is 2.48 bits per heavy atom. The van der Waals surface area contributed by atoms with Gasteiger partial charge in [0, 0.05) is 29.2 Å². The first kappa shape index (κ1) is 24.3. The highest BCUT2D eigenvalue weighted by molar-refractivity contribution is 7.89. The Balaban J connectivity index is 1.49. The number of nitrogens with one attached hydrogen (secondary N) is 1. The molecule has 2 aliphatic rings. The SMILES string of the molecule is CS(=O)(=O)NC(=O)c1cc(C2CC2)c(OC2CCCN(Cc3cc(Cl)cc(Cl)c3)C2)cc1F. The zero-order chi connectivity index (χ0) is 23.8. The Bertz CT molecular complexity index is 1150. The number of halogens is 3. The van der Waals surface area contributed by atoms with Gasteiger partial charge in [0.1, 0.15) is 17.7 Å². The number of sulfonamides is 1. The molecule has 1 unspecified atom stereocenters. The Morgan fingerprint density at radius 1 is 1.15 bits per heavy atom. The van der Waals surface area contributed by atoms with E-state index < -0.39 is 21.7 Å². The second kappa shape index (κ2) is 9.78. The van der Waals surface area contributed by atoms with Gasteiger partial charge in [-0.15, -0.1) is 0 Å². The number of amides is 1. The highest BCUT2D eigenvalue weighted by Gasteiger charge is 2.31. The summed E-state index contributed by atoms with van der Waals surface area (Å²) in [6, 6.07) is 8.11. The van der Waals surface area contributed by atoms with E-state index in [9.17, 15) is 17.6 Å². The summed E-state index contributed by atoms with van der Waals surface area (Å²) in [6.07, 6.45) is 4.31. The van der Waals surface area contributed by atoms with Gasteiger partial charge >= 0.3 is 0 Å². The summed E-state index contributed by atoms with van der Waals surface area (Å²) in [5.74, 6) is -1.19. The van der Waals surface area contributed by atoms with Gasteiger partial charge in [0.2, 0.25) is 10.0 Å². The lowest BCUT2D eigenvalue weighted by Crippen LogP contribution is -2.40. The van der Waals surface area contributed by atoms with Gasteiger partial charge in [-0.25, -0.2) is 17.5 Å². The predicted molar refractivity (Wildman–Crippen MR) is 126 cm³/mol. The normalized spacial score (nSPS) is 19.3. The minimum Gasteiger partial charge on any atom is -0.489 e. The Kier molecular flexibility index (Phi) is 7.19. The molecule has 0 aromatic heterocycles. The number of likely N-dealkylation sites (tertiary alicyclic amines) is 1. The van der Waals surface area contributed by atoms with Crippen LogP contribution >= 0.6 is 23.2 Å². The molecule has 2 aromatic rings. The van der Waals surface area contributed by atoms with Crippen LogP contribution in [0.2, 0.25) is 10.0 Å².